The van der Waals surface area contributed by atoms with Crippen molar-refractivity contribution in [1.29, 1.82) is 0 Å². The maximum absolute atomic E-state index is 13.6. The molecule has 3 rings (SSSR count). The zero-order chi connectivity index (χ0) is 25.2. The lowest BCUT2D eigenvalue weighted by Gasteiger charge is -2.31. The Hall–Kier alpha value is -2.83. The van der Waals surface area contributed by atoms with Crippen LogP contribution in [0.25, 0.3) is 0 Å². The second kappa shape index (κ2) is 13.3. The fourth-order valence-corrected chi connectivity index (χ4v) is 4.43. The normalized spacial score (nSPS) is 11.8. The standard InChI is InChI=1S/C28H30ClFN2O2S/c1-20(2)17-31-28(34)26(16-21-6-4-3-5-7-21)32(18-22-8-12-24(30)13-9-22)27(33)19-35-25-14-10-23(29)11-15-25/h3-15,20,26H,16-19H2,1-2H3,(H,31,34). The zero-order valence-electron chi connectivity index (χ0n) is 19.9. The molecular formula is C28H30ClFN2O2S. The molecule has 2 amide bonds. The average molecular weight is 513 g/mol. The monoisotopic (exact) mass is 512 g/mol. The lowest BCUT2D eigenvalue weighted by Crippen LogP contribution is -2.51. The lowest BCUT2D eigenvalue weighted by molar-refractivity contribution is -0.139. The van der Waals surface area contributed by atoms with E-state index >= 15 is 0 Å². The molecule has 0 aliphatic heterocycles. The third-order valence-electron chi connectivity index (χ3n) is 5.40. The van der Waals surface area contributed by atoms with Gasteiger partial charge < -0.3 is 10.2 Å². The number of nitrogens with one attached hydrogen (secondary N) is 1. The Kier molecular flexibility index (Phi) is 10.2. The Bertz CT molecular complexity index is 1090. The molecule has 0 bridgehead atoms. The number of rotatable bonds is 11. The van der Waals surface area contributed by atoms with Crippen LogP contribution in [0.4, 0.5) is 4.39 Å². The second-order valence-corrected chi connectivity index (χ2v) is 10.2. The number of halogens is 2. The molecule has 4 nitrogen and oxygen atoms in total. The van der Waals surface area contributed by atoms with Crippen LogP contribution in [0, 0.1) is 11.7 Å². The molecule has 0 spiro atoms. The van der Waals surface area contributed by atoms with Crippen LogP contribution in [0.5, 0.6) is 0 Å². The maximum atomic E-state index is 13.6. The van der Waals surface area contributed by atoms with Crippen molar-refractivity contribution in [3.05, 3.63) is 101 Å². The van der Waals surface area contributed by atoms with Gasteiger partial charge in [0.1, 0.15) is 11.9 Å². The largest absolute Gasteiger partial charge is 0.354 e. The number of benzene rings is 3. The van der Waals surface area contributed by atoms with Crippen LogP contribution in [0.15, 0.2) is 83.8 Å². The molecule has 0 fully saturated rings. The first-order valence-electron chi connectivity index (χ1n) is 11.6. The van der Waals surface area contributed by atoms with Crippen molar-refractivity contribution >= 4 is 35.2 Å². The van der Waals surface area contributed by atoms with E-state index in [0.717, 1.165) is 16.0 Å². The van der Waals surface area contributed by atoms with E-state index in [-0.39, 0.29) is 35.8 Å². The molecule has 0 aromatic heterocycles. The van der Waals surface area contributed by atoms with Gasteiger partial charge in [-0.05, 0) is 53.4 Å². The van der Waals surface area contributed by atoms with Gasteiger partial charge in [-0.3, -0.25) is 9.59 Å². The minimum atomic E-state index is -0.709. The summed E-state index contributed by atoms with van der Waals surface area (Å²) in [6, 6.07) is 22.3. The summed E-state index contributed by atoms with van der Waals surface area (Å²) in [4.78, 5) is 29.4. The summed E-state index contributed by atoms with van der Waals surface area (Å²) in [6.07, 6.45) is 0.378. The van der Waals surface area contributed by atoms with Crippen LogP contribution in [-0.4, -0.2) is 35.1 Å². The molecule has 0 aliphatic rings. The van der Waals surface area contributed by atoms with E-state index in [1.165, 1.54) is 23.9 Å². The smallest absolute Gasteiger partial charge is 0.243 e. The van der Waals surface area contributed by atoms with Crippen LogP contribution in [0.1, 0.15) is 25.0 Å². The van der Waals surface area contributed by atoms with E-state index in [0.29, 0.717) is 18.0 Å². The van der Waals surface area contributed by atoms with E-state index in [2.05, 4.69) is 5.32 Å². The zero-order valence-corrected chi connectivity index (χ0v) is 21.5. The number of hydrogen-bond acceptors (Lipinski definition) is 3. The highest BCUT2D eigenvalue weighted by Gasteiger charge is 2.30. The fourth-order valence-electron chi connectivity index (χ4n) is 3.52. The summed E-state index contributed by atoms with van der Waals surface area (Å²) in [5.41, 5.74) is 1.71. The van der Waals surface area contributed by atoms with Crippen molar-refractivity contribution in [2.24, 2.45) is 5.92 Å². The van der Waals surface area contributed by atoms with Gasteiger partial charge in [0.2, 0.25) is 11.8 Å². The van der Waals surface area contributed by atoms with Crippen LogP contribution < -0.4 is 5.32 Å². The molecular weight excluding hydrogens is 483 g/mol. The first-order chi connectivity index (χ1) is 16.8. The molecule has 7 heteroatoms. The minimum absolute atomic E-state index is 0.158. The van der Waals surface area contributed by atoms with Crippen molar-refractivity contribution in [3.63, 3.8) is 0 Å². The van der Waals surface area contributed by atoms with E-state index in [1.807, 2.05) is 56.3 Å². The van der Waals surface area contributed by atoms with Gasteiger partial charge in [0.25, 0.3) is 0 Å². The number of nitrogens with zero attached hydrogens (tertiary/aromatic N) is 1. The predicted octanol–water partition coefficient (Wildman–Crippen LogP) is 5.98. The van der Waals surface area contributed by atoms with Crippen LogP contribution in [0.2, 0.25) is 5.02 Å². The Balaban J connectivity index is 1.88. The molecule has 1 atom stereocenters. The highest BCUT2D eigenvalue weighted by atomic mass is 35.5. The number of carbonyl (C=O) groups excluding carboxylic acids is 2. The highest BCUT2D eigenvalue weighted by Crippen LogP contribution is 2.23. The minimum Gasteiger partial charge on any atom is -0.354 e. The third kappa shape index (κ3) is 8.71. The summed E-state index contributed by atoms with van der Waals surface area (Å²) in [5, 5.41) is 3.63. The van der Waals surface area contributed by atoms with Crippen molar-refractivity contribution in [2.75, 3.05) is 12.3 Å². The molecule has 3 aromatic carbocycles. The molecule has 0 radical (unpaired) electrons. The third-order valence-corrected chi connectivity index (χ3v) is 6.65. The summed E-state index contributed by atoms with van der Waals surface area (Å²) in [6.45, 7) is 4.77. The SMILES string of the molecule is CC(C)CNC(=O)C(Cc1ccccc1)N(Cc1ccc(F)cc1)C(=O)CSc1ccc(Cl)cc1. The number of thioether (sulfide) groups is 1. The first-order valence-corrected chi connectivity index (χ1v) is 12.9. The van der Waals surface area contributed by atoms with Gasteiger partial charge in [-0.1, -0.05) is 67.9 Å². The Morgan fingerprint density at radius 1 is 0.943 bits per heavy atom. The van der Waals surface area contributed by atoms with E-state index in [9.17, 15) is 14.0 Å². The Morgan fingerprint density at radius 3 is 2.23 bits per heavy atom. The van der Waals surface area contributed by atoms with Gasteiger partial charge >= 0.3 is 0 Å². The van der Waals surface area contributed by atoms with Crippen LogP contribution >= 0.6 is 23.4 Å². The van der Waals surface area contributed by atoms with E-state index in [1.54, 1.807) is 29.2 Å². The van der Waals surface area contributed by atoms with Crippen molar-refractivity contribution in [1.82, 2.24) is 10.2 Å². The molecule has 0 aliphatic carbocycles. The molecule has 35 heavy (non-hydrogen) atoms. The van der Waals surface area contributed by atoms with Gasteiger partial charge in [0.05, 0.1) is 5.75 Å². The molecule has 184 valence electrons. The summed E-state index contributed by atoms with van der Waals surface area (Å²) in [5.74, 6) is -0.283. The molecule has 0 saturated heterocycles. The van der Waals surface area contributed by atoms with Gasteiger partial charge in [0.15, 0.2) is 0 Å². The Labute approximate surface area is 215 Å². The van der Waals surface area contributed by atoms with Crippen molar-refractivity contribution < 1.29 is 14.0 Å². The van der Waals surface area contributed by atoms with E-state index in [4.69, 9.17) is 11.6 Å². The Morgan fingerprint density at radius 2 is 1.60 bits per heavy atom. The van der Waals surface area contributed by atoms with Crippen LogP contribution in [0.3, 0.4) is 0 Å². The van der Waals surface area contributed by atoms with Crippen molar-refractivity contribution in [3.8, 4) is 0 Å². The number of hydrogen-bond donors (Lipinski definition) is 1. The first kappa shape index (κ1) is 26.8. The number of amides is 2. The highest BCUT2D eigenvalue weighted by molar-refractivity contribution is 8.00. The molecule has 0 saturated carbocycles. The maximum Gasteiger partial charge on any atom is 0.243 e. The lowest BCUT2D eigenvalue weighted by atomic mass is 10.0. The summed E-state index contributed by atoms with van der Waals surface area (Å²) in [7, 11) is 0. The quantitative estimate of drug-likeness (QED) is 0.321. The number of carbonyl (C=O) groups is 2. The van der Waals surface area contributed by atoms with Gasteiger partial charge in [-0.15, -0.1) is 11.8 Å². The average Bonchev–Trinajstić information content (AvgIpc) is 2.86. The summed E-state index contributed by atoms with van der Waals surface area (Å²) < 4.78 is 13.5. The molecule has 1 unspecified atom stereocenters. The predicted molar refractivity (Wildman–Crippen MR) is 141 cm³/mol. The van der Waals surface area contributed by atoms with Crippen molar-refractivity contribution in [2.45, 2.75) is 37.8 Å². The van der Waals surface area contributed by atoms with Crippen LogP contribution in [-0.2, 0) is 22.6 Å². The molecule has 0 heterocycles. The van der Waals surface area contributed by atoms with Gasteiger partial charge in [0, 0.05) is 29.4 Å². The molecule has 1 N–H and O–H groups in total. The topological polar surface area (TPSA) is 49.4 Å². The molecule has 3 aromatic rings. The fraction of sp³-hybridized carbons (Fsp3) is 0.286. The van der Waals surface area contributed by atoms with E-state index < -0.39 is 6.04 Å². The van der Waals surface area contributed by atoms with Gasteiger partial charge in [-0.25, -0.2) is 4.39 Å². The van der Waals surface area contributed by atoms with Gasteiger partial charge in [-0.2, -0.15) is 0 Å². The second-order valence-electron chi connectivity index (χ2n) is 8.74. The summed E-state index contributed by atoms with van der Waals surface area (Å²) >= 11 is 7.37.